The van der Waals surface area contributed by atoms with Crippen molar-refractivity contribution in [2.75, 3.05) is 5.75 Å². The van der Waals surface area contributed by atoms with Gasteiger partial charge in [-0.25, -0.2) is 4.98 Å². The zero-order valence-electron chi connectivity index (χ0n) is 17.3. The highest BCUT2D eigenvalue weighted by Gasteiger charge is 2.23. The Morgan fingerprint density at radius 2 is 2.07 bits per heavy atom. The maximum absolute atomic E-state index is 13.1. The number of thiophene rings is 1. The van der Waals surface area contributed by atoms with Crippen molar-refractivity contribution >= 4 is 39.2 Å². The minimum atomic E-state index is 0.0316. The molecule has 0 radical (unpaired) electrons. The molecular formula is C21H31N3O2S2. The first kappa shape index (κ1) is 21.4. The van der Waals surface area contributed by atoms with Gasteiger partial charge in [-0.15, -0.1) is 11.3 Å². The number of hydrogen-bond donors (Lipinski definition) is 1. The van der Waals surface area contributed by atoms with Crippen LogP contribution in [0.15, 0.2) is 9.95 Å². The molecule has 2 heterocycles. The molecule has 1 aliphatic carbocycles. The normalized spacial score (nSPS) is 19.9. The average molecular weight is 422 g/mol. The Labute approximate surface area is 175 Å². The lowest BCUT2D eigenvalue weighted by Crippen LogP contribution is -2.41. The van der Waals surface area contributed by atoms with Crippen molar-refractivity contribution in [1.29, 1.82) is 0 Å². The highest BCUT2D eigenvalue weighted by atomic mass is 32.2. The molecule has 1 amide bonds. The van der Waals surface area contributed by atoms with Crippen LogP contribution in [0.4, 0.5) is 0 Å². The predicted molar refractivity (Wildman–Crippen MR) is 119 cm³/mol. The van der Waals surface area contributed by atoms with E-state index in [1.54, 1.807) is 15.9 Å². The van der Waals surface area contributed by atoms with Crippen molar-refractivity contribution in [2.45, 2.75) is 84.0 Å². The Kier molecular flexibility index (Phi) is 7.20. The third-order valence-corrected chi connectivity index (χ3v) is 7.86. The summed E-state index contributed by atoms with van der Waals surface area (Å²) in [6.45, 7) is 9.01. The minimum Gasteiger partial charge on any atom is -0.352 e. The Morgan fingerprint density at radius 3 is 2.79 bits per heavy atom. The number of carbonyl (C=O) groups is 1. The van der Waals surface area contributed by atoms with Crippen LogP contribution in [0.3, 0.4) is 0 Å². The maximum Gasteiger partial charge on any atom is 0.263 e. The molecule has 1 aliphatic rings. The number of hydrogen-bond acceptors (Lipinski definition) is 5. The van der Waals surface area contributed by atoms with Gasteiger partial charge in [0.2, 0.25) is 5.91 Å². The van der Waals surface area contributed by atoms with E-state index < -0.39 is 0 Å². The monoisotopic (exact) mass is 421 g/mol. The summed E-state index contributed by atoms with van der Waals surface area (Å²) in [7, 11) is 0. The quantitative estimate of drug-likeness (QED) is 0.521. The summed E-state index contributed by atoms with van der Waals surface area (Å²) in [6.07, 6.45) is 6.63. The number of thioether (sulfide) groups is 1. The second-order valence-electron chi connectivity index (χ2n) is 7.89. The summed E-state index contributed by atoms with van der Waals surface area (Å²) >= 11 is 2.95. The fourth-order valence-electron chi connectivity index (χ4n) is 3.84. The number of nitrogens with zero attached hydrogens (tertiary/aromatic N) is 2. The van der Waals surface area contributed by atoms with Gasteiger partial charge in [-0.1, -0.05) is 44.9 Å². The molecule has 0 saturated heterocycles. The van der Waals surface area contributed by atoms with E-state index >= 15 is 0 Å². The first-order valence-corrected chi connectivity index (χ1v) is 12.1. The van der Waals surface area contributed by atoms with Gasteiger partial charge in [0.15, 0.2) is 5.16 Å². The SMILES string of the molecule is CCCCn1c(SCC(=O)N[C@H]2CCCC[C@@H]2C)nc2sc(C)c(C)c2c1=O. The number of nitrogens with one attached hydrogen (secondary N) is 1. The van der Waals surface area contributed by atoms with Gasteiger partial charge in [-0.05, 0) is 44.6 Å². The summed E-state index contributed by atoms with van der Waals surface area (Å²) < 4.78 is 1.77. The lowest BCUT2D eigenvalue weighted by Gasteiger charge is -2.29. The van der Waals surface area contributed by atoms with Gasteiger partial charge in [-0.2, -0.15) is 0 Å². The van der Waals surface area contributed by atoms with Crippen LogP contribution >= 0.6 is 23.1 Å². The summed E-state index contributed by atoms with van der Waals surface area (Å²) in [5.74, 6) is 0.882. The summed E-state index contributed by atoms with van der Waals surface area (Å²) in [4.78, 5) is 32.3. The summed E-state index contributed by atoms with van der Waals surface area (Å²) in [5.41, 5.74) is 1.06. The van der Waals surface area contributed by atoms with Crippen molar-refractivity contribution in [1.82, 2.24) is 14.9 Å². The van der Waals surface area contributed by atoms with E-state index in [1.807, 2.05) is 13.8 Å². The number of fused-ring (bicyclic) bond motifs is 1. The van der Waals surface area contributed by atoms with Crippen LogP contribution in [-0.2, 0) is 11.3 Å². The molecule has 1 fully saturated rings. The lowest BCUT2D eigenvalue weighted by atomic mass is 9.86. The van der Waals surface area contributed by atoms with E-state index in [9.17, 15) is 9.59 Å². The fraction of sp³-hybridized carbons (Fsp3) is 0.667. The van der Waals surface area contributed by atoms with Crippen LogP contribution in [0.1, 0.15) is 62.8 Å². The number of aromatic nitrogens is 2. The Balaban J connectivity index is 1.79. The van der Waals surface area contributed by atoms with Gasteiger partial charge in [0.25, 0.3) is 5.56 Å². The molecular weight excluding hydrogens is 390 g/mol. The molecule has 1 N–H and O–H groups in total. The molecule has 3 rings (SSSR count). The number of aryl methyl sites for hydroxylation is 2. The maximum atomic E-state index is 13.1. The van der Waals surface area contributed by atoms with Crippen LogP contribution in [-0.4, -0.2) is 27.3 Å². The number of amides is 1. The van der Waals surface area contributed by atoms with Crippen LogP contribution < -0.4 is 10.9 Å². The molecule has 154 valence electrons. The van der Waals surface area contributed by atoms with E-state index in [0.717, 1.165) is 39.9 Å². The molecule has 0 aliphatic heterocycles. The van der Waals surface area contributed by atoms with Crippen LogP contribution in [0.2, 0.25) is 0 Å². The van der Waals surface area contributed by atoms with Gasteiger partial charge in [0.1, 0.15) is 4.83 Å². The van der Waals surface area contributed by atoms with Crippen molar-refractivity contribution in [2.24, 2.45) is 5.92 Å². The van der Waals surface area contributed by atoms with Crippen molar-refractivity contribution in [3.8, 4) is 0 Å². The summed E-state index contributed by atoms with van der Waals surface area (Å²) in [6, 6.07) is 0.280. The van der Waals surface area contributed by atoms with Gasteiger partial charge in [0, 0.05) is 17.5 Å². The van der Waals surface area contributed by atoms with E-state index in [1.165, 1.54) is 31.0 Å². The zero-order valence-corrected chi connectivity index (χ0v) is 19.0. The first-order valence-electron chi connectivity index (χ1n) is 10.3. The molecule has 5 nitrogen and oxygen atoms in total. The van der Waals surface area contributed by atoms with Gasteiger partial charge >= 0.3 is 0 Å². The van der Waals surface area contributed by atoms with Gasteiger partial charge in [0.05, 0.1) is 11.1 Å². The van der Waals surface area contributed by atoms with Crippen molar-refractivity contribution in [3.63, 3.8) is 0 Å². The van der Waals surface area contributed by atoms with E-state index in [0.29, 0.717) is 23.4 Å². The van der Waals surface area contributed by atoms with Crippen molar-refractivity contribution in [3.05, 3.63) is 20.8 Å². The minimum absolute atomic E-state index is 0.0316. The second kappa shape index (κ2) is 9.44. The number of rotatable bonds is 7. The first-order chi connectivity index (χ1) is 13.4. The van der Waals surface area contributed by atoms with Crippen LogP contribution in [0, 0.1) is 19.8 Å². The van der Waals surface area contributed by atoms with Crippen LogP contribution in [0.5, 0.6) is 0 Å². The Morgan fingerprint density at radius 1 is 1.32 bits per heavy atom. The third kappa shape index (κ3) is 4.62. The topological polar surface area (TPSA) is 64.0 Å². The Bertz CT molecular complexity index is 903. The Hall–Kier alpha value is -1.34. The summed E-state index contributed by atoms with van der Waals surface area (Å²) in [5, 5.41) is 4.60. The molecule has 0 unspecified atom stereocenters. The fourth-order valence-corrected chi connectivity index (χ4v) is 5.75. The average Bonchev–Trinajstić information content (AvgIpc) is 2.95. The number of carbonyl (C=O) groups excluding carboxylic acids is 1. The van der Waals surface area contributed by atoms with E-state index in [4.69, 9.17) is 4.98 Å². The molecule has 2 aromatic heterocycles. The molecule has 28 heavy (non-hydrogen) atoms. The van der Waals surface area contributed by atoms with Crippen molar-refractivity contribution < 1.29 is 4.79 Å². The highest BCUT2D eigenvalue weighted by Crippen LogP contribution is 2.29. The van der Waals surface area contributed by atoms with Crippen LogP contribution in [0.25, 0.3) is 10.2 Å². The molecule has 2 aromatic rings. The van der Waals surface area contributed by atoms with E-state index in [-0.39, 0.29) is 17.5 Å². The molecule has 1 saturated carbocycles. The molecule has 0 spiro atoms. The third-order valence-electron chi connectivity index (χ3n) is 5.78. The highest BCUT2D eigenvalue weighted by molar-refractivity contribution is 7.99. The molecule has 0 bridgehead atoms. The second-order valence-corrected chi connectivity index (χ2v) is 10.0. The lowest BCUT2D eigenvalue weighted by molar-refractivity contribution is -0.119. The molecule has 0 aromatic carbocycles. The van der Waals surface area contributed by atoms with Gasteiger partial charge in [-0.3, -0.25) is 14.2 Å². The molecule has 2 atom stereocenters. The standard InChI is InChI=1S/C21H31N3O2S2/c1-5-6-11-24-20(26)18-14(3)15(4)28-19(18)23-21(24)27-12-17(25)22-16-10-8-7-9-13(16)2/h13,16H,5-12H2,1-4H3,(H,22,25)/t13-,16-/m0/s1. The van der Waals surface area contributed by atoms with Gasteiger partial charge < -0.3 is 5.32 Å². The largest absolute Gasteiger partial charge is 0.352 e. The molecule has 7 heteroatoms. The smallest absolute Gasteiger partial charge is 0.263 e. The van der Waals surface area contributed by atoms with E-state index in [2.05, 4.69) is 19.2 Å². The number of unbranched alkanes of at least 4 members (excludes halogenated alkanes) is 1. The zero-order chi connectivity index (χ0) is 20.3. The predicted octanol–water partition coefficient (Wildman–Crippen LogP) is 4.66.